The lowest BCUT2D eigenvalue weighted by molar-refractivity contribution is -0.154. The number of carbonyl (C=O) groups excluding carboxylic acids is 4. The molecule has 6 heteroatoms. The van der Waals surface area contributed by atoms with Crippen molar-refractivity contribution in [1.82, 2.24) is 10.4 Å². The van der Waals surface area contributed by atoms with Crippen LogP contribution in [0.2, 0.25) is 0 Å². The fourth-order valence-corrected chi connectivity index (χ4v) is 2.66. The highest BCUT2D eigenvalue weighted by atomic mass is 16.2. The molecule has 2 rings (SSSR count). The quantitative estimate of drug-likeness (QED) is 0.709. The second-order valence-corrected chi connectivity index (χ2v) is 5.37. The largest absolute Gasteiger partial charge is 0.304 e. The fourth-order valence-electron chi connectivity index (χ4n) is 2.66. The lowest BCUT2D eigenvalue weighted by Gasteiger charge is -2.32. The van der Waals surface area contributed by atoms with Crippen LogP contribution in [0.3, 0.4) is 0 Å². The highest BCUT2D eigenvalue weighted by molar-refractivity contribution is 6.41. The fraction of sp³-hybridized carbons (Fsp3) is 0.714. The van der Waals surface area contributed by atoms with Gasteiger partial charge < -0.3 is 0 Å². The number of amides is 1. The molecule has 1 unspecified atom stereocenters. The first-order chi connectivity index (χ1) is 9.61. The van der Waals surface area contributed by atoms with E-state index >= 15 is 0 Å². The van der Waals surface area contributed by atoms with E-state index in [0.717, 1.165) is 30.7 Å². The Bertz CT molecular complexity index is 393. The van der Waals surface area contributed by atoms with Gasteiger partial charge in [-0.2, -0.15) is 0 Å². The first kappa shape index (κ1) is 14.8. The predicted octanol–water partition coefficient (Wildman–Crippen LogP) is 0.543. The maximum atomic E-state index is 12.2. The summed E-state index contributed by atoms with van der Waals surface area (Å²) < 4.78 is 0. The Labute approximate surface area is 117 Å². The molecule has 0 aromatic carbocycles. The van der Waals surface area contributed by atoms with Crippen LogP contribution in [0.4, 0.5) is 0 Å². The number of hydrogen-bond acceptors (Lipinski definition) is 5. The summed E-state index contributed by atoms with van der Waals surface area (Å²) in [6, 6.07) is -0.822. The van der Waals surface area contributed by atoms with Crippen molar-refractivity contribution in [3.8, 4) is 0 Å². The lowest BCUT2D eigenvalue weighted by atomic mass is 9.93. The molecular weight excluding hydrogens is 260 g/mol. The van der Waals surface area contributed by atoms with Gasteiger partial charge in [0.2, 0.25) is 17.3 Å². The van der Waals surface area contributed by atoms with Crippen molar-refractivity contribution in [3.05, 3.63) is 0 Å². The third-order valence-corrected chi connectivity index (χ3v) is 3.84. The Kier molecular flexibility index (Phi) is 5.00. The molecule has 20 heavy (non-hydrogen) atoms. The molecule has 2 aliphatic rings. The van der Waals surface area contributed by atoms with Crippen molar-refractivity contribution in [3.63, 3.8) is 0 Å². The highest BCUT2D eigenvalue weighted by Crippen LogP contribution is 2.18. The number of hydrogen-bond donors (Lipinski definition) is 1. The maximum absolute atomic E-state index is 12.2. The molecule has 2 fully saturated rings. The summed E-state index contributed by atoms with van der Waals surface area (Å²) in [4.78, 5) is 47.7. The van der Waals surface area contributed by atoms with Crippen LogP contribution in [0.25, 0.3) is 0 Å². The van der Waals surface area contributed by atoms with E-state index in [1.54, 1.807) is 0 Å². The van der Waals surface area contributed by atoms with Gasteiger partial charge in [-0.15, -0.1) is 0 Å². The Morgan fingerprint density at radius 3 is 2.35 bits per heavy atom. The maximum Gasteiger partial charge on any atom is 0.304 e. The van der Waals surface area contributed by atoms with E-state index < -0.39 is 29.3 Å². The van der Waals surface area contributed by atoms with E-state index in [9.17, 15) is 19.2 Å². The van der Waals surface area contributed by atoms with E-state index in [4.69, 9.17) is 0 Å². The van der Waals surface area contributed by atoms with Crippen molar-refractivity contribution in [2.45, 2.75) is 57.4 Å². The summed E-state index contributed by atoms with van der Waals surface area (Å²) in [7, 11) is 0. The van der Waals surface area contributed by atoms with Gasteiger partial charge in [0.15, 0.2) is 0 Å². The molecule has 1 saturated carbocycles. The number of rotatable bonds is 1. The van der Waals surface area contributed by atoms with Gasteiger partial charge in [-0.3, -0.25) is 24.2 Å². The molecule has 0 spiro atoms. The van der Waals surface area contributed by atoms with Crippen molar-refractivity contribution >= 4 is 23.3 Å². The van der Waals surface area contributed by atoms with Crippen LogP contribution in [0.15, 0.2) is 0 Å². The van der Waals surface area contributed by atoms with Crippen molar-refractivity contribution in [2.75, 3.05) is 6.54 Å². The van der Waals surface area contributed by atoms with Gasteiger partial charge in [0.25, 0.3) is 0 Å². The van der Waals surface area contributed by atoms with Gasteiger partial charge in [0.05, 0.1) is 0 Å². The Morgan fingerprint density at radius 2 is 1.55 bits per heavy atom. The molecule has 110 valence electrons. The van der Waals surface area contributed by atoms with E-state index in [1.165, 1.54) is 0 Å². The summed E-state index contributed by atoms with van der Waals surface area (Å²) in [5.74, 6) is -2.14. The van der Waals surface area contributed by atoms with Gasteiger partial charge in [0.1, 0.15) is 6.04 Å². The molecule has 0 aromatic heterocycles. The monoisotopic (exact) mass is 280 g/mol. The van der Waals surface area contributed by atoms with E-state index in [-0.39, 0.29) is 12.8 Å². The standard InChI is InChI=1S/C14H20N2O4/c17-11-7-3-1-2-6-10(13(11)19)16-14(20)12(18)8-4-5-9-15-16/h10,15H,1-9H2. The summed E-state index contributed by atoms with van der Waals surface area (Å²) in [5, 5.41) is 1.12. The second kappa shape index (κ2) is 6.74. The minimum Gasteiger partial charge on any atom is -0.291 e. The minimum absolute atomic E-state index is 0.214. The number of Topliss-reactive ketones (excluding diaryl/α,β-unsaturated/α-hetero) is 3. The molecular formula is C14H20N2O4. The molecule has 1 N–H and O–H groups in total. The van der Waals surface area contributed by atoms with Crippen molar-refractivity contribution in [1.29, 1.82) is 0 Å². The Hall–Kier alpha value is -1.56. The first-order valence-electron chi connectivity index (χ1n) is 7.28. The van der Waals surface area contributed by atoms with E-state index in [2.05, 4.69) is 5.43 Å². The molecule has 0 bridgehead atoms. The number of hydrazine groups is 1. The van der Waals surface area contributed by atoms with Crippen molar-refractivity contribution in [2.24, 2.45) is 0 Å². The third-order valence-electron chi connectivity index (χ3n) is 3.84. The summed E-state index contributed by atoms with van der Waals surface area (Å²) in [6.45, 7) is 0.539. The number of nitrogens with zero attached hydrogens (tertiary/aromatic N) is 1. The van der Waals surface area contributed by atoms with Crippen LogP contribution in [0, 0.1) is 0 Å². The minimum atomic E-state index is -0.822. The van der Waals surface area contributed by atoms with Crippen LogP contribution in [0.5, 0.6) is 0 Å². The zero-order valence-corrected chi connectivity index (χ0v) is 11.5. The summed E-state index contributed by atoms with van der Waals surface area (Å²) in [5.41, 5.74) is 2.86. The molecule has 1 atom stereocenters. The smallest absolute Gasteiger partial charge is 0.291 e. The van der Waals surface area contributed by atoms with Gasteiger partial charge >= 0.3 is 5.91 Å². The molecule has 1 saturated heterocycles. The van der Waals surface area contributed by atoms with E-state index in [0.29, 0.717) is 19.4 Å². The molecule has 1 amide bonds. The normalized spacial score (nSPS) is 26.8. The average Bonchev–Trinajstić information content (AvgIpc) is 2.43. The lowest BCUT2D eigenvalue weighted by Crippen LogP contribution is -2.57. The van der Waals surface area contributed by atoms with Crippen LogP contribution >= 0.6 is 0 Å². The molecule has 0 radical (unpaired) electrons. The molecule has 6 nitrogen and oxygen atoms in total. The summed E-state index contributed by atoms with van der Waals surface area (Å²) in [6.07, 6.45) is 4.70. The average molecular weight is 280 g/mol. The number of carbonyl (C=O) groups is 4. The molecule has 1 heterocycles. The number of ketones is 3. The number of nitrogens with one attached hydrogen (secondary N) is 1. The zero-order valence-electron chi connectivity index (χ0n) is 11.5. The molecule has 1 aliphatic heterocycles. The van der Waals surface area contributed by atoms with Gasteiger partial charge in [-0.25, -0.2) is 5.43 Å². The van der Waals surface area contributed by atoms with Crippen LogP contribution in [0.1, 0.15) is 51.4 Å². The van der Waals surface area contributed by atoms with Crippen LogP contribution in [-0.4, -0.2) is 40.9 Å². The Balaban J connectivity index is 2.19. The van der Waals surface area contributed by atoms with Crippen molar-refractivity contribution < 1.29 is 19.2 Å². The molecule has 0 aromatic rings. The highest BCUT2D eigenvalue weighted by Gasteiger charge is 2.36. The van der Waals surface area contributed by atoms with Gasteiger partial charge in [-0.05, 0) is 25.7 Å². The molecule has 1 aliphatic carbocycles. The van der Waals surface area contributed by atoms with Crippen LogP contribution in [-0.2, 0) is 19.2 Å². The predicted molar refractivity (Wildman–Crippen MR) is 70.6 cm³/mol. The topological polar surface area (TPSA) is 83.6 Å². The third kappa shape index (κ3) is 3.30. The zero-order chi connectivity index (χ0) is 14.5. The van der Waals surface area contributed by atoms with Gasteiger partial charge in [0, 0.05) is 19.4 Å². The Morgan fingerprint density at radius 1 is 0.850 bits per heavy atom. The second-order valence-electron chi connectivity index (χ2n) is 5.37. The first-order valence-corrected chi connectivity index (χ1v) is 7.28. The summed E-state index contributed by atoms with van der Waals surface area (Å²) >= 11 is 0. The SMILES string of the molecule is O=C1CCCCCC(N2NCCCCC(=O)C2=O)C1=O. The van der Waals surface area contributed by atoms with Crippen LogP contribution < -0.4 is 5.43 Å². The van der Waals surface area contributed by atoms with Gasteiger partial charge in [-0.1, -0.05) is 12.8 Å². The van der Waals surface area contributed by atoms with E-state index in [1.807, 2.05) is 0 Å².